The molecule has 104 valence electrons. The van der Waals surface area contributed by atoms with E-state index >= 15 is 0 Å². The molecule has 0 aliphatic rings. The molecule has 0 amide bonds. The molecule has 2 unspecified atom stereocenters. The number of hydrogen-bond donors (Lipinski definition) is 1. The average molecular weight is 280 g/mol. The van der Waals surface area contributed by atoms with Crippen molar-refractivity contribution in [3.05, 3.63) is 29.0 Å². The quantitative estimate of drug-likeness (QED) is 0.903. The fourth-order valence-electron chi connectivity index (χ4n) is 2.50. The number of aryl methyl sites for hydroxylation is 1. The van der Waals surface area contributed by atoms with Crippen LogP contribution in [0.25, 0.3) is 11.0 Å². The summed E-state index contributed by atoms with van der Waals surface area (Å²) in [6.07, 6.45) is 3.33. The van der Waals surface area contributed by atoms with Gasteiger partial charge in [0.1, 0.15) is 5.82 Å². The number of nitrogens with zero attached hydrogens (tertiary/aromatic N) is 2. The van der Waals surface area contributed by atoms with Crippen molar-refractivity contribution in [2.45, 2.75) is 45.1 Å². The van der Waals surface area contributed by atoms with Crippen molar-refractivity contribution in [1.82, 2.24) is 9.55 Å². The molecule has 0 aliphatic carbocycles. The molecule has 1 aromatic heterocycles. The molecule has 0 spiro atoms. The summed E-state index contributed by atoms with van der Waals surface area (Å²) in [4.78, 5) is 4.72. The van der Waals surface area contributed by atoms with Gasteiger partial charge in [0.05, 0.1) is 11.0 Å². The van der Waals surface area contributed by atoms with E-state index in [0.29, 0.717) is 5.92 Å². The molecule has 2 N–H and O–H groups in total. The first-order chi connectivity index (χ1) is 8.99. The van der Waals surface area contributed by atoms with E-state index in [1.807, 2.05) is 18.2 Å². The molecule has 1 aromatic carbocycles. The van der Waals surface area contributed by atoms with Crippen LogP contribution in [-0.4, -0.2) is 15.6 Å². The number of imidazole rings is 1. The summed E-state index contributed by atoms with van der Waals surface area (Å²) in [6.45, 7) is 4.28. The lowest BCUT2D eigenvalue weighted by atomic mass is 10.0. The molecular weight excluding hydrogens is 258 g/mol. The molecule has 0 radical (unpaired) electrons. The highest BCUT2D eigenvalue weighted by Crippen LogP contribution is 2.26. The average Bonchev–Trinajstić information content (AvgIpc) is 2.66. The molecule has 0 saturated carbocycles. The van der Waals surface area contributed by atoms with Crippen LogP contribution in [0.3, 0.4) is 0 Å². The van der Waals surface area contributed by atoms with Crippen molar-refractivity contribution in [2.75, 3.05) is 0 Å². The Morgan fingerprint density at radius 1 is 1.32 bits per heavy atom. The van der Waals surface area contributed by atoms with Crippen molar-refractivity contribution >= 4 is 22.6 Å². The van der Waals surface area contributed by atoms with Crippen LogP contribution >= 0.6 is 11.6 Å². The molecule has 2 aromatic rings. The zero-order valence-electron chi connectivity index (χ0n) is 11.9. The molecule has 0 aliphatic heterocycles. The Morgan fingerprint density at radius 3 is 2.74 bits per heavy atom. The first-order valence-corrected chi connectivity index (χ1v) is 7.24. The van der Waals surface area contributed by atoms with Crippen LogP contribution in [0, 0.1) is 0 Å². The van der Waals surface area contributed by atoms with Crippen molar-refractivity contribution in [2.24, 2.45) is 12.8 Å². The topological polar surface area (TPSA) is 43.8 Å². The fourth-order valence-corrected chi connectivity index (χ4v) is 2.66. The minimum Gasteiger partial charge on any atom is -0.331 e. The molecule has 4 heteroatoms. The van der Waals surface area contributed by atoms with Crippen LogP contribution in [0.1, 0.15) is 44.9 Å². The molecule has 2 atom stereocenters. The number of aromatic nitrogens is 2. The Hall–Kier alpha value is -1.06. The van der Waals surface area contributed by atoms with Crippen LogP contribution in [0.5, 0.6) is 0 Å². The van der Waals surface area contributed by atoms with Crippen molar-refractivity contribution in [3.63, 3.8) is 0 Å². The van der Waals surface area contributed by atoms with E-state index in [1.165, 1.54) is 0 Å². The third-order valence-electron chi connectivity index (χ3n) is 3.61. The van der Waals surface area contributed by atoms with Crippen LogP contribution < -0.4 is 5.73 Å². The second-order valence-electron chi connectivity index (χ2n) is 5.47. The number of nitrogens with two attached hydrogens (primary N) is 1. The Kier molecular flexibility index (Phi) is 4.48. The van der Waals surface area contributed by atoms with Crippen LogP contribution in [0.2, 0.25) is 5.02 Å². The molecule has 2 rings (SSSR count). The maximum atomic E-state index is 6.04. The number of hydrogen-bond acceptors (Lipinski definition) is 2. The Balaban J connectivity index is 2.18. The van der Waals surface area contributed by atoms with Gasteiger partial charge in [0.2, 0.25) is 0 Å². The third-order valence-corrected chi connectivity index (χ3v) is 3.85. The first kappa shape index (κ1) is 14.4. The number of rotatable bonds is 5. The van der Waals surface area contributed by atoms with E-state index in [-0.39, 0.29) is 6.04 Å². The second-order valence-corrected chi connectivity index (χ2v) is 5.91. The van der Waals surface area contributed by atoms with Gasteiger partial charge < -0.3 is 10.3 Å². The van der Waals surface area contributed by atoms with E-state index < -0.39 is 0 Å². The van der Waals surface area contributed by atoms with Gasteiger partial charge in [0, 0.05) is 24.0 Å². The number of fused-ring (bicyclic) bond motifs is 1. The highest BCUT2D eigenvalue weighted by atomic mass is 35.5. The van der Waals surface area contributed by atoms with Gasteiger partial charge in [-0.2, -0.15) is 0 Å². The maximum absolute atomic E-state index is 6.04. The van der Waals surface area contributed by atoms with Gasteiger partial charge in [0.25, 0.3) is 0 Å². The highest BCUT2D eigenvalue weighted by Gasteiger charge is 2.14. The van der Waals surface area contributed by atoms with Gasteiger partial charge in [-0.05, 0) is 38.0 Å². The summed E-state index contributed by atoms with van der Waals surface area (Å²) in [7, 11) is 2.06. The largest absolute Gasteiger partial charge is 0.331 e. The normalized spacial score (nSPS) is 14.8. The predicted molar refractivity (Wildman–Crippen MR) is 81.6 cm³/mol. The SMILES string of the molecule is CC(N)CCCC(C)c1nc2ccc(Cl)cc2n1C. The van der Waals surface area contributed by atoms with E-state index in [2.05, 4.69) is 25.5 Å². The molecule has 0 saturated heterocycles. The summed E-state index contributed by atoms with van der Waals surface area (Å²) in [5.74, 6) is 1.57. The third kappa shape index (κ3) is 3.28. The Morgan fingerprint density at radius 2 is 2.05 bits per heavy atom. The molecular formula is C15H22ClN3. The van der Waals surface area contributed by atoms with Crippen molar-refractivity contribution in [1.29, 1.82) is 0 Å². The minimum absolute atomic E-state index is 0.284. The second kappa shape index (κ2) is 5.93. The van der Waals surface area contributed by atoms with Gasteiger partial charge in [-0.3, -0.25) is 0 Å². The van der Waals surface area contributed by atoms with Gasteiger partial charge in [-0.1, -0.05) is 24.9 Å². The summed E-state index contributed by atoms with van der Waals surface area (Å²) in [6, 6.07) is 6.13. The van der Waals surface area contributed by atoms with Crippen molar-refractivity contribution < 1.29 is 0 Å². The van der Waals surface area contributed by atoms with E-state index in [4.69, 9.17) is 22.3 Å². The lowest BCUT2D eigenvalue weighted by Crippen LogP contribution is -2.14. The summed E-state index contributed by atoms with van der Waals surface area (Å²) < 4.78 is 2.15. The molecule has 3 nitrogen and oxygen atoms in total. The van der Waals surface area contributed by atoms with Crippen LogP contribution in [0.15, 0.2) is 18.2 Å². The smallest absolute Gasteiger partial charge is 0.112 e. The highest BCUT2D eigenvalue weighted by molar-refractivity contribution is 6.31. The van der Waals surface area contributed by atoms with Gasteiger partial charge in [-0.25, -0.2) is 4.98 Å². The molecule has 1 heterocycles. The number of halogens is 1. The summed E-state index contributed by atoms with van der Waals surface area (Å²) in [5, 5.41) is 0.756. The van der Waals surface area contributed by atoms with Gasteiger partial charge in [-0.15, -0.1) is 0 Å². The Labute approximate surface area is 119 Å². The zero-order valence-corrected chi connectivity index (χ0v) is 12.6. The van der Waals surface area contributed by atoms with E-state index in [9.17, 15) is 0 Å². The number of benzene rings is 1. The maximum Gasteiger partial charge on any atom is 0.112 e. The lowest BCUT2D eigenvalue weighted by Gasteiger charge is -2.12. The Bertz CT molecular complexity index is 560. The standard InChI is InChI=1S/C15H22ClN3/c1-10(5-4-6-11(2)17)15-18-13-8-7-12(16)9-14(13)19(15)3/h7-11H,4-6,17H2,1-3H3. The minimum atomic E-state index is 0.284. The fraction of sp³-hybridized carbons (Fsp3) is 0.533. The summed E-state index contributed by atoms with van der Waals surface area (Å²) >= 11 is 6.04. The molecule has 0 bridgehead atoms. The lowest BCUT2D eigenvalue weighted by molar-refractivity contribution is 0.535. The van der Waals surface area contributed by atoms with E-state index in [1.54, 1.807) is 0 Å². The molecule has 0 fully saturated rings. The first-order valence-electron chi connectivity index (χ1n) is 6.86. The van der Waals surface area contributed by atoms with Gasteiger partial charge in [0.15, 0.2) is 0 Å². The predicted octanol–water partition coefficient (Wildman–Crippen LogP) is 3.85. The van der Waals surface area contributed by atoms with Crippen LogP contribution in [-0.2, 0) is 7.05 Å². The monoisotopic (exact) mass is 279 g/mol. The summed E-state index contributed by atoms with van der Waals surface area (Å²) in [5.41, 5.74) is 7.90. The van der Waals surface area contributed by atoms with Crippen LogP contribution in [0.4, 0.5) is 0 Å². The van der Waals surface area contributed by atoms with Gasteiger partial charge >= 0.3 is 0 Å². The molecule has 19 heavy (non-hydrogen) atoms. The van der Waals surface area contributed by atoms with Crippen molar-refractivity contribution in [3.8, 4) is 0 Å². The van der Waals surface area contributed by atoms with E-state index in [0.717, 1.165) is 41.1 Å². The zero-order chi connectivity index (χ0) is 14.0.